The number of nitrogens with zero attached hydrogens (tertiary/aromatic N) is 1. The molecule has 0 aromatic carbocycles. The van der Waals surface area contributed by atoms with Crippen molar-refractivity contribution in [3.8, 4) is 0 Å². The van der Waals surface area contributed by atoms with E-state index in [-0.39, 0.29) is 25.0 Å². The monoisotopic (exact) mass is 245 g/mol. The van der Waals surface area contributed by atoms with Crippen LogP contribution >= 0.6 is 0 Å². The zero-order chi connectivity index (χ0) is 13.3. The predicted octanol–water partition coefficient (Wildman–Crippen LogP) is 1.51. The molecule has 1 amide bonds. The third-order valence-corrected chi connectivity index (χ3v) is 2.31. The van der Waals surface area contributed by atoms with Gasteiger partial charge in [-0.1, -0.05) is 6.92 Å². The van der Waals surface area contributed by atoms with E-state index in [0.29, 0.717) is 19.6 Å². The van der Waals surface area contributed by atoms with Gasteiger partial charge in [0.1, 0.15) is 6.61 Å². The van der Waals surface area contributed by atoms with E-state index in [9.17, 15) is 9.59 Å². The fourth-order valence-electron chi connectivity index (χ4n) is 1.46. The number of carbonyl (C=O) groups excluding carboxylic acids is 1. The van der Waals surface area contributed by atoms with E-state index < -0.39 is 5.97 Å². The number of carboxylic acid groups (broad SMARTS) is 1. The van der Waals surface area contributed by atoms with Crippen LogP contribution in [0.2, 0.25) is 0 Å². The van der Waals surface area contributed by atoms with Gasteiger partial charge in [-0.15, -0.1) is 0 Å². The highest BCUT2D eigenvalue weighted by molar-refractivity contribution is 5.77. The molecule has 5 heteroatoms. The maximum atomic E-state index is 11.8. The third kappa shape index (κ3) is 7.74. The Morgan fingerprint density at radius 2 is 2.00 bits per heavy atom. The molecule has 0 fully saturated rings. The number of rotatable bonds is 9. The lowest BCUT2D eigenvalue weighted by molar-refractivity contribution is -0.140. The van der Waals surface area contributed by atoms with Gasteiger partial charge < -0.3 is 14.7 Å². The molecule has 0 aliphatic rings. The van der Waals surface area contributed by atoms with Crippen molar-refractivity contribution >= 4 is 11.9 Å². The first-order chi connectivity index (χ1) is 7.99. The Morgan fingerprint density at radius 1 is 1.35 bits per heavy atom. The molecule has 100 valence electrons. The van der Waals surface area contributed by atoms with Gasteiger partial charge in [0.05, 0.1) is 0 Å². The van der Waals surface area contributed by atoms with Gasteiger partial charge in [-0.25, -0.2) is 0 Å². The van der Waals surface area contributed by atoms with Crippen molar-refractivity contribution in [2.75, 3.05) is 19.8 Å². The molecular formula is C12H23NO4. The van der Waals surface area contributed by atoms with E-state index in [4.69, 9.17) is 9.84 Å². The Balaban J connectivity index is 4.03. The van der Waals surface area contributed by atoms with Gasteiger partial charge >= 0.3 is 5.97 Å². The largest absolute Gasteiger partial charge is 0.481 e. The zero-order valence-corrected chi connectivity index (χ0v) is 10.9. The molecule has 0 aromatic rings. The maximum Gasteiger partial charge on any atom is 0.303 e. The molecule has 0 aromatic heterocycles. The quantitative estimate of drug-likeness (QED) is 0.625. The molecule has 0 heterocycles. The Kier molecular flexibility index (Phi) is 8.40. The third-order valence-electron chi connectivity index (χ3n) is 2.31. The van der Waals surface area contributed by atoms with Crippen LogP contribution in [0, 0.1) is 0 Å². The lowest BCUT2D eigenvalue weighted by atomic mass is 10.2. The summed E-state index contributed by atoms with van der Waals surface area (Å²) in [6, 6.07) is 0.0709. The maximum absolute atomic E-state index is 11.8. The SMILES string of the molecule is CCCOCC(=O)N(CCCC(=O)O)C(C)C. The van der Waals surface area contributed by atoms with E-state index in [0.717, 1.165) is 6.42 Å². The second-order valence-corrected chi connectivity index (χ2v) is 4.23. The number of amides is 1. The summed E-state index contributed by atoms with van der Waals surface area (Å²) in [5.74, 6) is -0.901. The minimum absolute atomic E-state index is 0.0705. The summed E-state index contributed by atoms with van der Waals surface area (Å²) in [5, 5.41) is 8.55. The molecule has 0 atom stereocenters. The molecule has 1 N–H and O–H groups in total. The first-order valence-electron chi connectivity index (χ1n) is 6.08. The summed E-state index contributed by atoms with van der Waals surface area (Å²) in [5.41, 5.74) is 0. The first-order valence-corrected chi connectivity index (χ1v) is 6.08. The molecule has 0 spiro atoms. The summed E-state index contributed by atoms with van der Waals surface area (Å²) in [6.07, 6.45) is 1.45. The van der Waals surface area contributed by atoms with Crippen molar-refractivity contribution in [3.63, 3.8) is 0 Å². The fourth-order valence-corrected chi connectivity index (χ4v) is 1.46. The number of carbonyl (C=O) groups is 2. The Bertz CT molecular complexity index is 241. The van der Waals surface area contributed by atoms with Gasteiger partial charge in [0.15, 0.2) is 0 Å². The molecular weight excluding hydrogens is 222 g/mol. The Hall–Kier alpha value is -1.10. The van der Waals surface area contributed by atoms with E-state index >= 15 is 0 Å². The number of hydrogen-bond acceptors (Lipinski definition) is 3. The van der Waals surface area contributed by atoms with Crippen molar-refractivity contribution in [2.24, 2.45) is 0 Å². The van der Waals surface area contributed by atoms with Crippen LogP contribution in [0.25, 0.3) is 0 Å². The van der Waals surface area contributed by atoms with E-state index in [1.54, 1.807) is 4.90 Å². The Morgan fingerprint density at radius 3 is 2.47 bits per heavy atom. The molecule has 0 radical (unpaired) electrons. The number of ether oxygens (including phenoxy) is 1. The van der Waals surface area contributed by atoms with Crippen LogP contribution < -0.4 is 0 Å². The summed E-state index contributed by atoms with van der Waals surface area (Å²) in [4.78, 5) is 23.9. The predicted molar refractivity (Wildman–Crippen MR) is 64.8 cm³/mol. The van der Waals surface area contributed by atoms with Gasteiger partial charge in [0.25, 0.3) is 0 Å². The lowest BCUT2D eigenvalue weighted by Crippen LogP contribution is -2.40. The van der Waals surface area contributed by atoms with E-state index in [2.05, 4.69) is 0 Å². The van der Waals surface area contributed by atoms with Crippen molar-refractivity contribution in [2.45, 2.75) is 46.1 Å². The molecule has 0 aliphatic carbocycles. The lowest BCUT2D eigenvalue weighted by Gasteiger charge is -2.26. The number of aliphatic carboxylic acids is 1. The minimum atomic E-state index is -0.830. The average molecular weight is 245 g/mol. The fraction of sp³-hybridized carbons (Fsp3) is 0.833. The highest BCUT2D eigenvalue weighted by Crippen LogP contribution is 2.03. The Labute approximate surface area is 103 Å². The van der Waals surface area contributed by atoms with Crippen molar-refractivity contribution < 1.29 is 19.4 Å². The van der Waals surface area contributed by atoms with Crippen LogP contribution in [-0.4, -0.2) is 47.7 Å². The molecule has 0 aliphatic heterocycles. The summed E-state index contributed by atoms with van der Waals surface area (Å²) in [6.45, 7) is 6.94. The van der Waals surface area contributed by atoms with E-state index in [1.807, 2.05) is 20.8 Å². The van der Waals surface area contributed by atoms with Crippen LogP contribution in [0.1, 0.15) is 40.0 Å². The highest BCUT2D eigenvalue weighted by atomic mass is 16.5. The molecule has 17 heavy (non-hydrogen) atoms. The van der Waals surface area contributed by atoms with Crippen LogP contribution in [0.5, 0.6) is 0 Å². The highest BCUT2D eigenvalue weighted by Gasteiger charge is 2.16. The summed E-state index contributed by atoms with van der Waals surface area (Å²) in [7, 11) is 0. The van der Waals surface area contributed by atoms with Crippen molar-refractivity contribution in [1.29, 1.82) is 0 Å². The molecule has 0 rings (SSSR count). The van der Waals surface area contributed by atoms with Crippen LogP contribution in [0.15, 0.2) is 0 Å². The van der Waals surface area contributed by atoms with E-state index in [1.165, 1.54) is 0 Å². The van der Waals surface area contributed by atoms with Gasteiger partial charge in [-0.2, -0.15) is 0 Å². The topological polar surface area (TPSA) is 66.8 Å². The minimum Gasteiger partial charge on any atom is -0.481 e. The van der Waals surface area contributed by atoms with Crippen LogP contribution in [-0.2, 0) is 14.3 Å². The smallest absolute Gasteiger partial charge is 0.303 e. The zero-order valence-electron chi connectivity index (χ0n) is 10.9. The van der Waals surface area contributed by atoms with Gasteiger partial charge in [-0.3, -0.25) is 9.59 Å². The van der Waals surface area contributed by atoms with Gasteiger partial charge in [0, 0.05) is 25.6 Å². The van der Waals surface area contributed by atoms with Crippen LogP contribution in [0.3, 0.4) is 0 Å². The second-order valence-electron chi connectivity index (χ2n) is 4.23. The standard InChI is InChI=1S/C12H23NO4/c1-4-8-17-9-11(14)13(10(2)3)7-5-6-12(15)16/h10H,4-9H2,1-3H3,(H,15,16). The molecule has 0 bridgehead atoms. The molecule has 0 unspecified atom stereocenters. The van der Waals surface area contributed by atoms with Crippen molar-refractivity contribution in [1.82, 2.24) is 4.90 Å². The number of hydrogen-bond donors (Lipinski definition) is 1. The summed E-state index contributed by atoms with van der Waals surface area (Å²) < 4.78 is 5.20. The van der Waals surface area contributed by atoms with Crippen LogP contribution in [0.4, 0.5) is 0 Å². The molecule has 0 saturated heterocycles. The molecule has 0 saturated carbocycles. The summed E-state index contributed by atoms with van der Waals surface area (Å²) >= 11 is 0. The molecule has 5 nitrogen and oxygen atoms in total. The normalized spacial score (nSPS) is 10.6. The number of carboxylic acids is 1. The second kappa shape index (κ2) is 8.98. The van der Waals surface area contributed by atoms with Gasteiger partial charge in [-0.05, 0) is 26.7 Å². The average Bonchev–Trinajstić information content (AvgIpc) is 2.23. The van der Waals surface area contributed by atoms with Crippen molar-refractivity contribution in [3.05, 3.63) is 0 Å². The first kappa shape index (κ1) is 15.9. The van der Waals surface area contributed by atoms with Gasteiger partial charge in [0.2, 0.25) is 5.91 Å².